The van der Waals surface area contributed by atoms with Crippen molar-refractivity contribution in [2.45, 2.75) is 118 Å². The molecule has 0 saturated carbocycles. The summed E-state index contributed by atoms with van der Waals surface area (Å²) in [7, 11) is 0. The van der Waals surface area contributed by atoms with E-state index in [1.165, 1.54) is 130 Å². The third kappa shape index (κ3) is 8.90. The molecule has 3 aromatic heterocycles. The highest BCUT2D eigenvalue weighted by atomic mass is 32.1. The maximum atomic E-state index is 2.49. The smallest absolute Gasteiger partial charge is 0.0481 e. The van der Waals surface area contributed by atoms with Crippen LogP contribution in [0.5, 0.6) is 0 Å². The lowest BCUT2D eigenvalue weighted by Crippen LogP contribution is -1.86. The minimum absolute atomic E-state index is 1.19. The molecule has 4 rings (SSSR count). The molecule has 0 atom stereocenters. The molecule has 0 radical (unpaired) electrons. The highest BCUT2D eigenvalue weighted by Gasteiger charge is 2.16. The lowest BCUT2D eigenvalue weighted by Gasteiger charge is -2.03. The van der Waals surface area contributed by atoms with E-state index in [2.05, 4.69) is 76.2 Å². The third-order valence-electron chi connectivity index (χ3n) is 7.80. The van der Waals surface area contributed by atoms with Crippen LogP contribution in [0.1, 0.15) is 112 Å². The number of benzene rings is 1. The summed E-state index contributed by atoms with van der Waals surface area (Å²) >= 11 is 5.98. The molecule has 1 aromatic carbocycles. The fraction of sp³-hybridized carbons (Fsp3) is 0.500. The van der Waals surface area contributed by atoms with Crippen LogP contribution in [0.3, 0.4) is 0 Å². The lowest BCUT2D eigenvalue weighted by molar-refractivity contribution is 0.607. The molecular weight excluding hydrogens is 529 g/mol. The fourth-order valence-electron chi connectivity index (χ4n) is 5.44. The molecule has 0 amide bonds. The van der Waals surface area contributed by atoms with Gasteiger partial charge in [0, 0.05) is 29.3 Å². The van der Waals surface area contributed by atoms with Gasteiger partial charge in [0.05, 0.1) is 0 Å². The van der Waals surface area contributed by atoms with E-state index < -0.39 is 0 Å². The highest BCUT2D eigenvalue weighted by molar-refractivity contribution is 7.27. The monoisotopic (exact) mass is 576 g/mol. The molecule has 0 unspecified atom stereocenters. The van der Waals surface area contributed by atoms with Crippen LogP contribution in [0.4, 0.5) is 0 Å². The van der Waals surface area contributed by atoms with E-state index >= 15 is 0 Å². The van der Waals surface area contributed by atoms with Gasteiger partial charge in [-0.15, -0.1) is 34.0 Å². The minimum atomic E-state index is 1.19. The Morgan fingerprint density at radius 1 is 0.513 bits per heavy atom. The highest BCUT2D eigenvalue weighted by Crippen LogP contribution is 2.45. The average molecular weight is 577 g/mol. The van der Waals surface area contributed by atoms with Gasteiger partial charge in [-0.3, -0.25) is 0 Å². The van der Waals surface area contributed by atoms with Gasteiger partial charge < -0.3 is 0 Å². The van der Waals surface area contributed by atoms with Crippen LogP contribution in [0, 0.1) is 13.8 Å². The van der Waals surface area contributed by atoms with Crippen molar-refractivity contribution in [1.82, 2.24) is 0 Å². The van der Waals surface area contributed by atoms with Crippen molar-refractivity contribution in [3.8, 4) is 29.9 Å². The summed E-state index contributed by atoms with van der Waals surface area (Å²) in [4.78, 5) is 8.75. The predicted octanol–water partition coefficient (Wildman–Crippen LogP) is 13.3. The molecule has 4 aromatic rings. The van der Waals surface area contributed by atoms with Gasteiger partial charge in [0.2, 0.25) is 0 Å². The number of rotatable bonds is 17. The number of unbranched alkanes of at least 4 members (excludes halogenated alkanes) is 10. The molecule has 0 bridgehead atoms. The van der Waals surface area contributed by atoms with Crippen LogP contribution in [0.2, 0.25) is 0 Å². The Bertz CT molecular complexity index is 1270. The average Bonchev–Trinajstić information content (AvgIpc) is 3.67. The summed E-state index contributed by atoms with van der Waals surface area (Å²) in [6.45, 7) is 9.11. The summed E-state index contributed by atoms with van der Waals surface area (Å²) in [5.74, 6) is 0. The first-order valence-corrected chi connectivity index (χ1v) is 17.9. The Balaban J connectivity index is 1.49. The quantitative estimate of drug-likeness (QED) is 0.110. The lowest BCUT2D eigenvalue weighted by atomic mass is 10.0. The van der Waals surface area contributed by atoms with Crippen LogP contribution in [-0.2, 0) is 12.8 Å². The van der Waals surface area contributed by atoms with Crippen molar-refractivity contribution in [2.75, 3.05) is 0 Å². The maximum Gasteiger partial charge on any atom is 0.0481 e. The van der Waals surface area contributed by atoms with E-state index in [0.717, 1.165) is 0 Å². The standard InChI is InChI=1S/C36H48S3/c1-5-7-9-11-13-15-19-29-25-35(37-28(29)4)32-22-23-33(38-32)36-31(20-16-14-12-10-8-6-2)26-34(39-36)30-21-17-18-27(3)24-30/h17-18,21-26H,5-16,19-20H2,1-4H3. The minimum Gasteiger partial charge on any atom is -0.139 e. The molecule has 0 nitrogen and oxygen atoms in total. The summed E-state index contributed by atoms with van der Waals surface area (Å²) < 4.78 is 0. The fourth-order valence-corrected chi connectivity index (χ4v) is 8.95. The Labute approximate surface area is 250 Å². The van der Waals surface area contributed by atoms with Crippen LogP contribution in [0.15, 0.2) is 48.5 Å². The SMILES string of the molecule is CCCCCCCCc1cc(-c2ccc(-c3sc(-c4cccc(C)c4)cc3CCCCCCCC)s2)sc1C. The van der Waals surface area contributed by atoms with Gasteiger partial charge >= 0.3 is 0 Å². The van der Waals surface area contributed by atoms with Crippen LogP contribution in [0.25, 0.3) is 29.9 Å². The normalized spacial score (nSPS) is 11.5. The number of thiophene rings is 3. The molecule has 0 fully saturated rings. The van der Waals surface area contributed by atoms with Crippen LogP contribution < -0.4 is 0 Å². The summed E-state index contributed by atoms with van der Waals surface area (Å²) in [6.07, 6.45) is 18.7. The molecule has 0 saturated heterocycles. The van der Waals surface area contributed by atoms with Crippen molar-refractivity contribution in [3.05, 3.63) is 70.1 Å². The van der Waals surface area contributed by atoms with Crippen LogP contribution in [-0.4, -0.2) is 0 Å². The first kappa shape index (κ1) is 30.3. The van der Waals surface area contributed by atoms with Crippen LogP contribution >= 0.6 is 34.0 Å². The zero-order valence-electron chi connectivity index (χ0n) is 24.7. The van der Waals surface area contributed by atoms with Crippen molar-refractivity contribution < 1.29 is 0 Å². The predicted molar refractivity (Wildman–Crippen MR) is 180 cm³/mol. The second-order valence-corrected chi connectivity index (χ2v) is 14.6. The van der Waals surface area contributed by atoms with Gasteiger partial charge in [-0.2, -0.15) is 0 Å². The Kier molecular flexibility index (Phi) is 12.4. The molecular formula is C36H48S3. The molecule has 3 heterocycles. The Morgan fingerprint density at radius 2 is 1.13 bits per heavy atom. The Hall–Kier alpha value is -1.68. The van der Waals surface area contributed by atoms with Crippen molar-refractivity contribution in [2.24, 2.45) is 0 Å². The summed E-state index contributed by atoms with van der Waals surface area (Å²) in [5.41, 5.74) is 5.82. The molecule has 0 aliphatic carbocycles. The second kappa shape index (κ2) is 15.9. The summed E-state index contributed by atoms with van der Waals surface area (Å²) in [6, 6.07) is 18.8. The van der Waals surface area contributed by atoms with Crippen molar-refractivity contribution in [3.63, 3.8) is 0 Å². The zero-order valence-corrected chi connectivity index (χ0v) is 27.2. The molecule has 3 heteroatoms. The van der Waals surface area contributed by atoms with E-state index in [1.54, 1.807) is 11.1 Å². The second-order valence-electron chi connectivity index (χ2n) is 11.2. The van der Waals surface area contributed by atoms with E-state index in [-0.39, 0.29) is 0 Å². The van der Waals surface area contributed by atoms with Crippen molar-refractivity contribution >= 4 is 34.0 Å². The molecule has 0 N–H and O–H groups in total. The first-order valence-electron chi connectivity index (χ1n) is 15.5. The first-order chi connectivity index (χ1) is 19.1. The maximum absolute atomic E-state index is 2.49. The number of aryl methyl sites for hydroxylation is 4. The third-order valence-corrected chi connectivity index (χ3v) is 11.6. The topological polar surface area (TPSA) is 0 Å². The number of hydrogen-bond acceptors (Lipinski definition) is 3. The van der Waals surface area contributed by atoms with E-state index in [1.807, 2.05) is 34.0 Å². The molecule has 0 aliphatic heterocycles. The van der Waals surface area contributed by atoms with Gasteiger partial charge in [-0.05, 0) is 80.5 Å². The number of hydrogen-bond donors (Lipinski definition) is 0. The Morgan fingerprint density at radius 3 is 1.82 bits per heavy atom. The molecule has 0 aliphatic rings. The van der Waals surface area contributed by atoms with E-state index in [0.29, 0.717) is 0 Å². The molecule has 0 spiro atoms. The van der Waals surface area contributed by atoms with E-state index in [9.17, 15) is 0 Å². The van der Waals surface area contributed by atoms with Gasteiger partial charge in [-0.25, -0.2) is 0 Å². The summed E-state index contributed by atoms with van der Waals surface area (Å²) in [5, 5.41) is 0. The van der Waals surface area contributed by atoms with Crippen molar-refractivity contribution in [1.29, 1.82) is 0 Å². The van der Waals surface area contributed by atoms with Gasteiger partial charge in [0.15, 0.2) is 0 Å². The van der Waals surface area contributed by atoms with Gasteiger partial charge in [0.25, 0.3) is 0 Å². The molecule has 39 heavy (non-hydrogen) atoms. The zero-order chi connectivity index (χ0) is 27.5. The van der Waals surface area contributed by atoms with Gasteiger partial charge in [-0.1, -0.05) is 108 Å². The largest absolute Gasteiger partial charge is 0.139 e. The van der Waals surface area contributed by atoms with Gasteiger partial charge in [0.1, 0.15) is 0 Å². The van der Waals surface area contributed by atoms with E-state index in [4.69, 9.17) is 0 Å². The molecule has 210 valence electrons.